The number of hydrogen-bond acceptors (Lipinski definition) is 5. The van der Waals surface area contributed by atoms with Crippen LogP contribution in [0, 0.1) is 0 Å². The fourth-order valence-electron chi connectivity index (χ4n) is 4.25. The van der Waals surface area contributed by atoms with Gasteiger partial charge in [-0.1, -0.05) is 12.1 Å². The molecule has 6 heteroatoms. The lowest BCUT2D eigenvalue weighted by atomic mass is 10.2. The van der Waals surface area contributed by atoms with E-state index in [0.717, 1.165) is 62.6 Å². The second-order valence-corrected chi connectivity index (χ2v) is 8.36. The molecular weight excluding hydrogens is 388 g/mol. The summed E-state index contributed by atoms with van der Waals surface area (Å²) in [5.41, 5.74) is 2.32. The molecule has 0 radical (unpaired) electrons. The largest absolute Gasteiger partial charge is 0.497 e. The van der Waals surface area contributed by atoms with E-state index in [4.69, 9.17) is 14.5 Å². The summed E-state index contributed by atoms with van der Waals surface area (Å²) in [5.74, 6) is 2.92. The van der Waals surface area contributed by atoms with Crippen LogP contribution in [0.4, 0.5) is 0 Å². The molecule has 1 atom stereocenters. The third-order valence-electron chi connectivity index (χ3n) is 6.25. The summed E-state index contributed by atoms with van der Waals surface area (Å²) < 4.78 is 13.5. The third-order valence-corrected chi connectivity index (χ3v) is 6.25. The van der Waals surface area contributed by atoms with E-state index in [0.29, 0.717) is 12.6 Å². The van der Waals surface area contributed by atoms with Crippen molar-refractivity contribution in [1.29, 1.82) is 0 Å². The second-order valence-electron chi connectivity index (χ2n) is 8.36. The van der Waals surface area contributed by atoms with E-state index in [1.807, 2.05) is 24.3 Å². The molecule has 31 heavy (non-hydrogen) atoms. The van der Waals surface area contributed by atoms with Gasteiger partial charge in [-0.2, -0.15) is 0 Å². The summed E-state index contributed by atoms with van der Waals surface area (Å²) in [4.78, 5) is 9.99. The van der Waals surface area contributed by atoms with E-state index >= 15 is 0 Å². The average Bonchev–Trinajstić information content (AvgIpc) is 3.18. The minimum Gasteiger partial charge on any atom is -0.497 e. The maximum absolute atomic E-state index is 5.90. The number of piperazine rings is 1. The summed E-state index contributed by atoms with van der Waals surface area (Å²) >= 11 is 0. The molecule has 1 aliphatic heterocycles. The first-order valence-corrected chi connectivity index (χ1v) is 11.3. The molecule has 0 amide bonds. The van der Waals surface area contributed by atoms with Crippen LogP contribution >= 0.6 is 0 Å². The number of rotatable bonds is 9. The molecule has 0 bridgehead atoms. The highest BCUT2D eigenvalue weighted by Crippen LogP contribution is 2.26. The molecular formula is C25H34N4O2. The molecule has 2 aromatic carbocycles. The number of benzene rings is 2. The minimum atomic E-state index is 0.316. The van der Waals surface area contributed by atoms with Crippen LogP contribution in [0.1, 0.15) is 31.6 Å². The highest BCUT2D eigenvalue weighted by molar-refractivity contribution is 5.76. The van der Waals surface area contributed by atoms with Gasteiger partial charge >= 0.3 is 0 Å². The number of ether oxygens (including phenoxy) is 2. The van der Waals surface area contributed by atoms with Gasteiger partial charge in [0.25, 0.3) is 0 Å². The zero-order valence-corrected chi connectivity index (χ0v) is 19.0. The van der Waals surface area contributed by atoms with Crippen molar-refractivity contribution in [1.82, 2.24) is 19.4 Å². The quantitative estimate of drug-likeness (QED) is 0.483. The fourth-order valence-corrected chi connectivity index (χ4v) is 4.25. The van der Waals surface area contributed by atoms with Crippen molar-refractivity contribution in [3.63, 3.8) is 0 Å². The predicted molar refractivity (Wildman–Crippen MR) is 125 cm³/mol. The van der Waals surface area contributed by atoms with Gasteiger partial charge in [-0.25, -0.2) is 4.98 Å². The zero-order chi connectivity index (χ0) is 21.6. The molecule has 2 heterocycles. The van der Waals surface area contributed by atoms with Gasteiger partial charge in [0.1, 0.15) is 17.3 Å². The number of likely N-dealkylation sites (N-methyl/N-ethyl adjacent to an activating group) is 1. The Bertz CT molecular complexity index is 961. The number of hydrogen-bond donors (Lipinski definition) is 0. The summed E-state index contributed by atoms with van der Waals surface area (Å²) in [6.45, 7) is 8.39. The van der Waals surface area contributed by atoms with Gasteiger partial charge in [0, 0.05) is 32.7 Å². The number of methoxy groups -OCH3 is 1. The first-order valence-electron chi connectivity index (χ1n) is 11.3. The Morgan fingerprint density at radius 1 is 0.935 bits per heavy atom. The number of nitrogens with zero attached hydrogens (tertiary/aromatic N) is 4. The lowest BCUT2D eigenvalue weighted by Crippen LogP contribution is -2.45. The van der Waals surface area contributed by atoms with Crippen molar-refractivity contribution in [2.75, 3.05) is 46.9 Å². The van der Waals surface area contributed by atoms with Crippen molar-refractivity contribution in [2.24, 2.45) is 0 Å². The van der Waals surface area contributed by atoms with Crippen LogP contribution in [-0.2, 0) is 6.54 Å². The average molecular weight is 423 g/mol. The Kier molecular flexibility index (Phi) is 7.10. The zero-order valence-electron chi connectivity index (χ0n) is 19.0. The summed E-state index contributed by atoms with van der Waals surface area (Å²) in [7, 11) is 3.87. The van der Waals surface area contributed by atoms with E-state index < -0.39 is 0 Å². The van der Waals surface area contributed by atoms with Crippen molar-refractivity contribution in [2.45, 2.75) is 32.4 Å². The summed E-state index contributed by atoms with van der Waals surface area (Å²) in [6.07, 6.45) is 2.06. The summed E-state index contributed by atoms with van der Waals surface area (Å²) in [5, 5.41) is 0. The van der Waals surface area contributed by atoms with Gasteiger partial charge in [-0.3, -0.25) is 4.90 Å². The highest BCUT2D eigenvalue weighted by atomic mass is 16.5. The Morgan fingerprint density at radius 3 is 2.39 bits per heavy atom. The standard InChI is InChI=1S/C25H34N4O2/c1-20(28-17-15-27(2)16-18-28)25-26-23-8-4-5-9-24(23)29(25)14-6-7-19-31-22-12-10-21(30-3)11-13-22/h4-5,8-13,20H,6-7,14-19H2,1-3H3. The molecule has 6 nitrogen and oxygen atoms in total. The molecule has 166 valence electrons. The molecule has 0 N–H and O–H groups in total. The lowest BCUT2D eigenvalue weighted by molar-refractivity contribution is 0.113. The van der Waals surface area contributed by atoms with Crippen LogP contribution in [-0.4, -0.2) is 66.3 Å². The van der Waals surface area contributed by atoms with E-state index in [1.165, 1.54) is 11.3 Å². The molecule has 0 aliphatic carbocycles. The Labute approximate surface area is 185 Å². The number of aryl methyl sites for hydroxylation is 1. The first-order chi connectivity index (χ1) is 15.2. The molecule has 1 aromatic heterocycles. The predicted octanol–water partition coefficient (Wildman–Crippen LogP) is 4.21. The topological polar surface area (TPSA) is 42.8 Å². The number of imidazole rings is 1. The van der Waals surface area contributed by atoms with E-state index in [9.17, 15) is 0 Å². The van der Waals surface area contributed by atoms with E-state index in [-0.39, 0.29) is 0 Å². The normalized spacial score (nSPS) is 16.5. The van der Waals surface area contributed by atoms with Crippen LogP contribution in [0.5, 0.6) is 11.5 Å². The van der Waals surface area contributed by atoms with Crippen molar-refractivity contribution < 1.29 is 9.47 Å². The Hall–Kier alpha value is -2.57. The maximum Gasteiger partial charge on any atom is 0.127 e. The SMILES string of the molecule is COc1ccc(OCCCCn2c(C(C)N3CCN(C)CC3)nc3ccccc32)cc1. The molecule has 0 spiro atoms. The molecule has 4 rings (SSSR count). The highest BCUT2D eigenvalue weighted by Gasteiger charge is 2.24. The Morgan fingerprint density at radius 2 is 1.65 bits per heavy atom. The molecule has 1 fully saturated rings. The lowest BCUT2D eigenvalue weighted by Gasteiger charge is -2.36. The van der Waals surface area contributed by atoms with Gasteiger partial charge < -0.3 is 18.9 Å². The molecule has 0 saturated carbocycles. The van der Waals surface area contributed by atoms with E-state index in [1.54, 1.807) is 7.11 Å². The van der Waals surface area contributed by atoms with Gasteiger partial charge in [0.05, 0.1) is 30.8 Å². The monoisotopic (exact) mass is 422 g/mol. The van der Waals surface area contributed by atoms with Crippen molar-refractivity contribution >= 4 is 11.0 Å². The van der Waals surface area contributed by atoms with Crippen LogP contribution in [0.2, 0.25) is 0 Å². The van der Waals surface area contributed by atoms with E-state index in [2.05, 4.69) is 52.6 Å². The Balaban J connectivity index is 1.38. The second kappa shape index (κ2) is 10.2. The summed E-state index contributed by atoms with van der Waals surface area (Å²) in [6, 6.07) is 16.6. The number of para-hydroxylation sites is 2. The van der Waals surface area contributed by atoms with Gasteiger partial charge in [-0.05, 0) is 63.2 Å². The first kappa shape index (κ1) is 21.7. The van der Waals surface area contributed by atoms with Gasteiger partial charge in [-0.15, -0.1) is 0 Å². The van der Waals surface area contributed by atoms with Crippen molar-refractivity contribution in [3.8, 4) is 11.5 Å². The van der Waals surface area contributed by atoms with Crippen LogP contribution in [0.3, 0.4) is 0 Å². The van der Waals surface area contributed by atoms with Gasteiger partial charge in [0.15, 0.2) is 0 Å². The van der Waals surface area contributed by atoms with Gasteiger partial charge in [0.2, 0.25) is 0 Å². The number of fused-ring (bicyclic) bond motifs is 1. The molecule has 1 saturated heterocycles. The molecule has 3 aromatic rings. The minimum absolute atomic E-state index is 0.316. The number of aromatic nitrogens is 2. The fraction of sp³-hybridized carbons (Fsp3) is 0.480. The number of unbranched alkanes of at least 4 members (excludes halogenated alkanes) is 1. The molecule has 1 unspecified atom stereocenters. The molecule has 1 aliphatic rings. The maximum atomic E-state index is 5.90. The van der Waals surface area contributed by atoms with Crippen LogP contribution in [0.15, 0.2) is 48.5 Å². The smallest absolute Gasteiger partial charge is 0.127 e. The third kappa shape index (κ3) is 5.20. The van der Waals surface area contributed by atoms with Crippen LogP contribution < -0.4 is 9.47 Å². The van der Waals surface area contributed by atoms with Crippen LogP contribution in [0.25, 0.3) is 11.0 Å². The van der Waals surface area contributed by atoms with Crippen molar-refractivity contribution in [3.05, 3.63) is 54.4 Å².